The molecule has 4 rings (SSSR count). The van der Waals surface area contributed by atoms with E-state index in [1.54, 1.807) is 30.3 Å². The Morgan fingerprint density at radius 1 is 0.812 bits per heavy atom. The predicted molar refractivity (Wildman–Crippen MR) is 116 cm³/mol. The van der Waals surface area contributed by atoms with Gasteiger partial charge in [-0.05, 0) is 42.5 Å². The Hall–Kier alpha value is -4.50. The predicted octanol–water partition coefficient (Wildman–Crippen LogP) is 3.28. The second-order valence-corrected chi connectivity index (χ2v) is 6.16. The maximum absolute atomic E-state index is 12.1. The molecule has 0 aliphatic heterocycles. The van der Waals surface area contributed by atoms with Crippen molar-refractivity contribution in [1.82, 2.24) is 0 Å². The maximum atomic E-state index is 12.1. The van der Waals surface area contributed by atoms with E-state index in [0.717, 1.165) is 13.2 Å². The van der Waals surface area contributed by atoms with E-state index in [4.69, 9.17) is 14.6 Å². The number of benzene rings is 3. The Kier molecular flexibility index (Phi) is 7.81. The van der Waals surface area contributed by atoms with Gasteiger partial charge >= 0.3 is 5.97 Å². The lowest BCUT2D eigenvalue weighted by Crippen LogP contribution is -2.02. The third-order valence-corrected chi connectivity index (χ3v) is 4.11. The Morgan fingerprint density at radius 2 is 1.47 bits per heavy atom. The van der Waals surface area contributed by atoms with Crippen LogP contribution in [0.4, 0.5) is 0 Å². The van der Waals surface area contributed by atoms with Crippen molar-refractivity contribution >= 4 is 16.9 Å². The van der Waals surface area contributed by atoms with Gasteiger partial charge in [-0.15, -0.1) is 0 Å². The van der Waals surface area contributed by atoms with Crippen molar-refractivity contribution in [1.29, 1.82) is 0 Å². The second-order valence-electron chi connectivity index (χ2n) is 6.16. The molecule has 4 aromatic rings. The van der Waals surface area contributed by atoms with Gasteiger partial charge in [-0.3, -0.25) is 4.79 Å². The average molecular weight is 440 g/mol. The van der Waals surface area contributed by atoms with Gasteiger partial charge < -0.3 is 35.1 Å². The molecular weight excluding hydrogens is 420 g/mol. The minimum atomic E-state index is -0.879. The fourth-order valence-corrected chi connectivity index (χ4v) is 2.61. The van der Waals surface area contributed by atoms with Crippen molar-refractivity contribution in [2.24, 2.45) is 0 Å². The summed E-state index contributed by atoms with van der Waals surface area (Å²) < 4.78 is 5.43. The molecule has 166 valence electrons. The molecule has 0 unspecified atom stereocenters. The molecule has 0 bridgehead atoms. The number of carboxylic acid groups (broad SMARTS) is 1. The SMILES string of the molecule is CO.O=C(O)c1ccccc1.O=c1c(O)c(-c2ccc(O)c(O)c2)oc2cc(O)ccc12. The number of aliphatic hydroxyl groups excluding tert-OH is 1. The van der Waals surface area contributed by atoms with Crippen LogP contribution in [-0.4, -0.2) is 43.7 Å². The van der Waals surface area contributed by atoms with Gasteiger partial charge in [-0.2, -0.15) is 0 Å². The van der Waals surface area contributed by atoms with Crippen molar-refractivity contribution in [3.63, 3.8) is 0 Å². The van der Waals surface area contributed by atoms with Gasteiger partial charge in [-0.25, -0.2) is 4.79 Å². The van der Waals surface area contributed by atoms with E-state index in [9.17, 15) is 30.0 Å². The molecule has 0 radical (unpaired) electrons. The van der Waals surface area contributed by atoms with Crippen molar-refractivity contribution < 1.29 is 39.9 Å². The monoisotopic (exact) mass is 440 g/mol. The molecule has 0 atom stereocenters. The van der Waals surface area contributed by atoms with Crippen LogP contribution in [0, 0.1) is 0 Å². The average Bonchev–Trinajstić information content (AvgIpc) is 2.80. The van der Waals surface area contributed by atoms with Crippen LogP contribution in [0.25, 0.3) is 22.3 Å². The zero-order valence-electron chi connectivity index (χ0n) is 16.8. The van der Waals surface area contributed by atoms with Crippen LogP contribution in [0.2, 0.25) is 0 Å². The first-order chi connectivity index (χ1) is 15.3. The number of aromatic carboxylic acids is 1. The van der Waals surface area contributed by atoms with Crippen LogP contribution in [0.5, 0.6) is 23.0 Å². The third-order valence-electron chi connectivity index (χ3n) is 4.11. The normalized spacial score (nSPS) is 9.81. The van der Waals surface area contributed by atoms with Crippen LogP contribution < -0.4 is 5.43 Å². The maximum Gasteiger partial charge on any atom is 0.335 e. The molecule has 9 heteroatoms. The minimum Gasteiger partial charge on any atom is -0.508 e. The van der Waals surface area contributed by atoms with Gasteiger partial charge in [-0.1, -0.05) is 18.2 Å². The number of aromatic hydroxyl groups is 4. The number of phenols is 3. The van der Waals surface area contributed by atoms with Crippen molar-refractivity contribution in [3.05, 3.63) is 82.5 Å². The lowest BCUT2D eigenvalue weighted by Gasteiger charge is -2.07. The molecule has 32 heavy (non-hydrogen) atoms. The first-order valence-electron chi connectivity index (χ1n) is 9.02. The van der Waals surface area contributed by atoms with Crippen LogP contribution in [0.1, 0.15) is 10.4 Å². The summed E-state index contributed by atoms with van der Waals surface area (Å²) in [4.78, 5) is 22.3. The van der Waals surface area contributed by atoms with E-state index in [1.807, 2.05) is 0 Å². The summed E-state index contributed by atoms with van der Waals surface area (Å²) in [5, 5.41) is 53.7. The Labute approximate surface area is 181 Å². The van der Waals surface area contributed by atoms with Gasteiger partial charge in [0.2, 0.25) is 11.2 Å². The van der Waals surface area contributed by atoms with Crippen LogP contribution in [-0.2, 0) is 0 Å². The molecule has 0 amide bonds. The van der Waals surface area contributed by atoms with Crippen LogP contribution in [0.15, 0.2) is 75.9 Å². The minimum absolute atomic E-state index is 0.0872. The number of carboxylic acids is 1. The van der Waals surface area contributed by atoms with Gasteiger partial charge in [0.25, 0.3) is 0 Å². The number of hydrogen-bond donors (Lipinski definition) is 6. The number of carbonyl (C=O) groups is 1. The Morgan fingerprint density at radius 3 is 2.03 bits per heavy atom. The number of rotatable bonds is 2. The molecule has 0 aliphatic carbocycles. The Bertz CT molecular complexity index is 1280. The highest BCUT2D eigenvalue weighted by Crippen LogP contribution is 2.35. The van der Waals surface area contributed by atoms with Crippen molar-refractivity contribution in [3.8, 4) is 34.3 Å². The molecular formula is C23H20O9. The van der Waals surface area contributed by atoms with E-state index in [-0.39, 0.29) is 33.8 Å². The van der Waals surface area contributed by atoms with E-state index in [1.165, 1.54) is 30.3 Å². The van der Waals surface area contributed by atoms with Crippen molar-refractivity contribution in [2.45, 2.75) is 0 Å². The Balaban J connectivity index is 0.000000277. The first kappa shape index (κ1) is 23.8. The quantitative estimate of drug-likeness (QED) is 0.256. The third kappa shape index (κ3) is 5.35. The fraction of sp³-hybridized carbons (Fsp3) is 0.0435. The lowest BCUT2D eigenvalue weighted by atomic mass is 10.1. The molecule has 0 fully saturated rings. The van der Waals surface area contributed by atoms with E-state index < -0.39 is 22.9 Å². The van der Waals surface area contributed by atoms with Gasteiger partial charge in [0.05, 0.1) is 10.9 Å². The highest BCUT2D eigenvalue weighted by molar-refractivity contribution is 5.87. The van der Waals surface area contributed by atoms with Gasteiger partial charge in [0.15, 0.2) is 17.3 Å². The number of phenolic OH excluding ortho intramolecular Hbond substituents is 3. The summed E-state index contributed by atoms with van der Waals surface area (Å²) >= 11 is 0. The van der Waals surface area contributed by atoms with Crippen LogP contribution >= 0.6 is 0 Å². The highest BCUT2D eigenvalue weighted by atomic mass is 16.4. The molecule has 9 nitrogen and oxygen atoms in total. The lowest BCUT2D eigenvalue weighted by molar-refractivity contribution is 0.0697. The molecule has 0 spiro atoms. The molecule has 1 heterocycles. The first-order valence-corrected chi connectivity index (χ1v) is 9.02. The summed E-state index contributed by atoms with van der Waals surface area (Å²) in [6.45, 7) is 0. The summed E-state index contributed by atoms with van der Waals surface area (Å²) in [6, 6.07) is 15.9. The van der Waals surface area contributed by atoms with E-state index in [2.05, 4.69) is 0 Å². The van der Waals surface area contributed by atoms with Gasteiger partial charge in [0.1, 0.15) is 11.3 Å². The van der Waals surface area contributed by atoms with Crippen LogP contribution in [0.3, 0.4) is 0 Å². The fourth-order valence-electron chi connectivity index (χ4n) is 2.61. The number of fused-ring (bicyclic) bond motifs is 1. The van der Waals surface area contributed by atoms with E-state index in [0.29, 0.717) is 5.56 Å². The van der Waals surface area contributed by atoms with E-state index >= 15 is 0 Å². The summed E-state index contributed by atoms with van der Waals surface area (Å²) in [7, 11) is 1.00. The molecule has 0 saturated carbocycles. The van der Waals surface area contributed by atoms with Gasteiger partial charge in [0, 0.05) is 18.7 Å². The standard InChI is InChI=1S/C15H10O6.C7H6O2.CH4O/c16-8-2-3-9-12(6-8)21-15(14(20)13(9)19)7-1-4-10(17)11(18)5-7;8-7(9)6-4-2-1-3-5-6;1-2/h1-6,16-18,20H;1-5H,(H,8,9);2H,1H3. The highest BCUT2D eigenvalue weighted by Gasteiger charge is 2.16. The zero-order chi connectivity index (χ0) is 23.8. The number of aliphatic hydroxyl groups is 1. The molecule has 0 saturated heterocycles. The molecule has 3 aromatic carbocycles. The molecule has 1 aromatic heterocycles. The smallest absolute Gasteiger partial charge is 0.335 e. The topological polar surface area (TPSA) is 169 Å². The molecule has 0 aliphatic rings. The summed E-state index contributed by atoms with van der Waals surface area (Å²) in [5.74, 6) is -2.48. The zero-order valence-corrected chi connectivity index (χ0v) is 16.8. The number of hydrogen-bond acceptors (Lipinski definition) is 8. The second kappa shape index (κ2) is 10.5. The molecule has 6 N–H and O–H groups in total. The largest absolute Gasteiger partial charge is 0.508 e. The van der Waals surface area contributed by atoms with Crippen molar-refractivity contribution in [2.75, 3.05) is 7.11 Å². The summed E-state index contributed by atoms with van der Waals surface area (Å²) in [5.41, 5.74) is -0.0122. The summed E-state index contributed by atoms with van der Waals surface area (Å²) in [6.07, 6.45) is 0.